The number of Topliss-reactive ketones (excluding diaryl/α,β-unsaturated/α-hetero) is 1. The highest BCUT2D eigenvalue weighted by Crippen LogP contribution is 2.43. The fourth-order valence-corrected chi connectivity index (χ4v) is 4.21. The molecular formula is C27H27NO4. The van der Waals surface area contributed by atoms with Crippen molar-refractivity contribution in [3.8, 4) is 5.75 Å². The maximum Gasteiger partial charge on any atom is 0.264 e. The molecule has 0 radical (unpaired) electrons. The van der Waals surface area contributed by atoms with Crippen LogP contribution in [0.15, 0.2) is 66.7 Å². The van der Waals surface area contributed by atoms with Gasteiger partial charge in [-0.05, 0) is 62.2 Å². The Kier molecular flexibility index (Phi) is 5.85. The Balaban J connectivity index is 1.64. The van der Waals surface area contributed by atoms with E-state index in [-0.39, 0.29) is 12.2 Å². The molecule has 0 bridgehead atoms. The molecule has 1 heterocycles. The van der Waals surface area contributed by atoms with Gasteiger partial charge in [-0.25, -0.2) is 0 Å². The fourth-order valence-electron chi connectivity index (χ4n) is 4.21. The SMILES string of the molecule is CCOc1ccc(C(=O)C[C@@]2(O)C(=O)N(Cc3cc(C)ccc3C)c3ccccc32)cc1. The van der Waals surface area contributed by atoms with Gasteiger partial charge in [0.2, 0.25) is 0 Å². The Bertz CT molecular complexity index is 1170. The second-order valence-corrected chi connectivity index (χ2v) is 8.26. The third kappa shape index (κ3) is 3.92. The van der Waals surface area contributed by atoms with E-state index in [1.807, 2.05) is 51.1 Å². The van der Waals surface area contributed by atoms with E-state index in [9.17, 15) is 14.7 Å². The molecule has 1 N–H and O–H groups in total. The average molecular weight is 430 g/mol. The van der Waals surface area contributed by atoms with Gasteiger partial charge in [-0.3, -0.25) is 9.59 Å². The highest BCUT2D eigenvalue weighted by atomic mass is 16.5. The molecule has 164 valence electrons. The van der Waals surface area contributed by atoms with Crippen LogP contribution in [0.5, 0.6) is 5.75 Å². The quantitative estimate of drug-likeness (QED) is 0.553. The van der Waals surface area contributed by atoms with E-state index < -0.39 is 11.5 Å². The number of para-hydroxylation sites is 1. The predicted octanol–water partition coefficient (Wildman–Crippen LogP) is 4.71. The van der Waals surface area contributed by atoms with Crippen LogP contribution in [0.1, 0.15) is 46.0 Å². The van der Waals surface area contributed by atoms with Gasteiger partial charge in [0.1, 0.15) is 5.75 Å². The molecule has 0 aliphatic carbocycles. The Labute approximate surface area is 188 Å². The Morgan fingerprint density at radius 1 is 1.03 bits per heavy atom. The Morgan fingerprint density at radius 2 is 1.75 bits per heavy atom. The molecule has 5 heteroatoms. The van der Waals surface area contributed by atoms with Crippen LogP contribution in [0.3, 0.4) is 0 Å². The van der Waals surface area contributed by atoms with Crippen molar-refractivity contribution in [3.63, 3.8) is 0 Å². The number of ketones is 1. The van der Waals surface area contributed by atoms with Crippen molar-refractivity contribution in [3.05, 3.63) is 94.5 Å². The van der Waals surface area contributed by atoms with E-state index in [0.717, 1.165) is 16.7 Å². The monoisotopic (exact) mass is 429 g/mol. The van der Waals surface area contributed by atoms with Crippen LogP contribution in [-0.2, 0) is 16.9 Å². The maximum atomic E-state index is 13.5. The molecule has 1 aliphatic rings. The van der Waals surface area contributed by atoms with Gasteiger partial charge in [-0.2, -0.15) is 0 Å². The lowest BCUT2D eigenvalue weighted by Crippen LogP contribution is -2.41. The number of nitrogens with zero attached hydrogens (tertiary/aromatic N) is 1. The molecule has 32 heavy (non-hydrogen) atoms. The highest BCUT2D eigenvalue weighted by molar-refractivity contribution is 6.10. The minimum Gasteiger partial charge on any atom is -0.494 e. The normalized spacial score (nSPS) is 17.4. The van der Waals surface area contributed by atoms with E-state index >= 15 is 0 Å². The number of hydrogen-bond acceptors (Lipinski definition) is 4. The highest BCUT2D eigenvalue weighted by Gasteiger charge is 2.50. The Morgan fingerprint density at radius 3 is 2.47 bits per heavy atom. The molecule has 1 atom stereocenters. The van der Waals surface area contributed by atoms with Gasteiger partial charge in [-0.1, -0.05) is 42.0 Å². The molecule has 0 spiro atoms. The van der Waals surface area contributed by atoms with Crippen molar-refractivity contribution in [2.24, 2.45) is 0 Å². The lowest BCUT2D eigenvalue weighted by atomic mass is 9.88. The van der Waals surface area contributed by atoms with Gasteiger partial charge in [0.25, 0.3) is 5.91 Å². The lowest BCUT2D eigenvalue weighted by molar-refractivity contribution is -0.136. The van der Waals surface area contributed by atoms with E-state index in [4.69, 9.17) is 4.74 Å². The first-order chi connectivity index (χ1) is 15.3. The van der Waals surface area contributed by atoms with Gasteiger partial charge in [0.05, 0.1) is 25.3 Å². The van der Waals surface area contributed by atoms with Gasteiger partial charge in [0.15, 0.2) is 11.4 Å². The number of rotatable bonds is 7. The van der Waals surface area contributed by atoms with E-state index in [1.165, 1.54) is 0 Å². The van der Waals surface area contributed by atoms with Crippen LogP contribution in [-0.4, -0.2) is 23.4 Å². The largest absolute Gasteiger partial charge is 0.494 e. The second-order valence-electron chi connectivity index (χ2n) is 8.26. The van der Waals surface area contributed by atoms with Crippen molar-refractivity contribution in [2.75, 3.05) is 11.5 Å². The minimum absolute atomic E-state index is 0.299. The zero-order valence-electron chi connectivity index (χ0n) is 18.6. The smallest absolute Gasteiger partial charge is 0.264 e. The summed E-state index contributed by atoms with van der Waals surface area (Å²) in [6.07, 6.45) is -0.319. The summed E-state index contributed by atoms with van der Waals surface area (Å²) in [5.41, 5.74) is 2.82. The average Bonchev–Trinajstić information content (AvgIpc) is 2.99. The third-order valence-corrected chi connectivity index (χ3v) is 5.98. The van der Waals surface area contributed by atoms with Crippen molar-refractivity contribution < 1.29 is 19.4 Å². The van der Waals surface area contributed by atoms with Crippen LogP contribution in [0.25, 0.3) is 0 Å². The van der Waals surface area contributed by atoms with E-state index in [2.05, 4.69) is 0 Å². The molecular weight excluding hydrogens is 402 g/mol. The molecule has 3 aromatic rings. The fraction of sp³-hybridized carbons (Fsp3) is 0.259. The number of amides is 1. The number of anilines is 1. The summed E-state index contributed by atoms with van der Waals surface area (Å²) in [4.78, 5) is 28.1. The minimum atomic E-state index is -1.90. The van der Waals surface area contributed by atoms with Crippen molar-refractivity contribution in [1.82, 2.24) is 0 Å². The van der Waals surface area contributed by atoms with Crippen LogP contribution in [0.4, 0.5) is 5.69 Å². The summed E-state index contributed by atoms with van der Waals surface area (Å²) in [5.74, 6) is -0.101. The molecule has 0 saturated heterocycles. The first-order valence-electron chi connectivity index (χ1n) is 10.8. The van der Waals surface area contributed by atoms with Crippen LogP contribution < -0.4 is 9.64 Å². The summed E-state index contributed by atoms with van der Waals surface area (Å²) < 4.78 is 5.42. The summed E-state index contributed by atoms with van der Waals surface area (Å²) in [6.45, 7) is 6.77. The Hall–Kier alpha value is -3.44. The molecule has 0 aromatic heterocycles. The molecule has 5 nitrogen and oxygen atoms in total. The lowest BCUT2D eigenvalue weighted by Gasteiger charge is -2.23. The summed E-state index contributed by atoms with van der Waals surface area (Å²) in [6, 6.07) is 20.0. The van der Waals surface area contributed by atoms with E-state index in [0.29, 0.717) is 35.7 Å². The molecule has 1 amide bonds. The standard InChI is InChI=1S/C27H27NO4/c1-4-32-22-13-11-20(12-14-22)25(29)16-27(31)23-7-5-6-8-24(23)28(26(27)30)17-21-15-18(2)9-10-19(21)3/h5-15,31H,4,16-17H2,1-3H3/t27-/m0/s1. The number of benzene rings is 3. The summed E-state index contributed by atoms with van der Waals surface area (Å²) in [5, 5.41) is 11.5. The zero-order chi connectivity index (χ0) is 22.9. The maximum absolute atomic E-state index is 13.5. The number of aliphatic hydroxyl groups is 1. The molecule has 3 aromatic carbocycles. The number of aryl methyl sites for hydroxylation is 2. The third-order valence-electron chi connectivity index (χ3n) is 5.98. The van der Waals surface area contributed by atoms with E-state index in [1.54, 1.807) is 41.3 Å². The van der Waals surface area contributed by atoms with Gasteiger partial charge in [0, 0.05) is 11.1 Å². The van der Waals surface area contributed by atoms with Crippen molar-refractivity contribution >= 4 is 17.4 Å². The number of carbonyl (C=O) groups excluding carboxylic acids is 2. The predicted molar refractivity (Wildman–Crippen MR) is 124 cm³/mol. The molecule has 1 aliphatic heterocycles. The van der Waals surface area contributed by atoms with Crippen LogP contribution in [0, 0.1) is 13.8 Å². The van der Waals surface area contributed by atoms with Crippen LogP contribution in [0.2, 0.25) is 0 Å². The molecule has 0 saturated carbocycles. The van der Waals surface area contributed by atoms with Gasteiger partial charge >= 0.3 is 0 Å². The molecule has 0 unspecified atom stereocenters. The number of carbonyl (C=O) groups is 2. The molecule has 4 rings (SSSR count). The van der Waals surface area contributed by atoms with Gasteiger partial charge < -0.3 is 14.7 Å². The number of ether oxygens (including phenoxy) is 1. The zero-order valence-corrected chi connectivity index (χ0v) is 18.6. The first-order valence-corrected chi connectivity index (χ1v) is 10.8. The van der Waals surface area contributed by atoms with Crippen LogP contribution >= 0.6 is 0 Å². The number of fused-ring (bicyclic) bond motifs is 1. The first kappa shape index (κ1) is 21.8. The topological polar surface area (TPSA) is 66.8 Å². The summed E-state index contributed by atoms with van der Waals surface area (Å²) >= 11 is 0. The molecule has 0 fully saturated rings. The summed E-state index contributed by atoms with van der Waals surface area (Å²) in [7, 11) is 0. The number of hydrogen-bond donors (Lipinski definition) is 1. The van der Waals surface area contributed by atoms with Crippen molar-refractivity contribution in [2.45, 2.75) is 39.3 Å². The second kappa shape index (κ2) is 8.60. The van der Waals surface area contributed by atoms with Gasteiger partial charge in [-0.15, -0.1) is 0 Å². The van der Waals surface area contributed by atoms with Crippen molar-refractivity contribution in [1.29, 1.82) is 0 Å².